The van der Waals surface area contributed by atoms with Crippen LogP contribution in [0.4, 0.5) is 4.39 Å². The number of nitrogens with one attached hydrogen (secondary N) is 2. The van der Waals surface area contributed by atoms with Crippen LogP contribution >= 0.6 is 11.6 Å². The van der Waals surface area contributed by atoms with Gasteiger partial charge in [-0.2, -0.15) is 0 Å². The molecule has 0 bridgehead atoms. The first-order valence-corrected chi connectivity index (χ1v) is 12.0. The standard InChI is InChI=1S/C29H25ClFN3O3/c1-16-7-3-4-11-20(16)28(36)27-26(25-17(2)8-5-12-22(25)31)21(15-33-27)29(37)34-23(14-24(32)35)18-9-6-10-19(30)13-18/h3-13,15,23,33H,14H2,1-2H3,(H2,32,35)(H,34,37)/t23-/m0/s1. The summed E-state index contributed by atoms with van der Waals surface area (Å²) in [4.78, 5) is 41.9. The number of benzene rings is 3. The van der Waals surface area contributed by atoms with Crippen LogP contribution in [0.1, 0.15) is 55.6 Å². The third kappa shape index (κ3) is 5.47. The van der Waals surface area contributed by atoms with Gasteiger partial charge in [0.2, 0.25) is 11.7 Å². The summed E-state index contributed by atoms with van der Waals surface area (Å²) in [7, 11) is 0. The highest BCUT2D eigenvalue weighted by Crippen LogP contribution is 2.35. The summed E-state index contributed by atoms with van der Waals surface area (Å²) in [6.45, 7) is 3.51. The summed E-state index contributed by atoms with van der Waals surface area (Å²) in [6, 6.07) is 17.5. The average Bonchev–Trinajstić information content (AvgIpc) is 3.28. The van der Waals surface area contributed by atoms with Gasteiger partial charge in [0.05, 0.1) is 23.7 Å². The zero-order valence-electron chi connectivity index (χ0n) is 20.3. The number of amides is 2. The third-order valence-corrected chi connectivity index (χ3v) is 6.41. The van der Waals surface area contributed by atoms with E-state index >= 15 is 4.39 Å². The van der Waals surface area contributed by atoms with E-state index < -0.39 is 23.7 Å². The summed E-state index contributed by atoms with van der Waals surface area (Å²) in [5.41, 5.74) is 8.17. The van der Waals surface area contributed by atoms with Gasteiger partial charge in [-0.15, -0.1) is 0 Å². The number of carbonyl (C=O) groups excluding carboxylic acids is 3. The molecule has 4 rings (SSSR count). The third-order valence-electron chi connectivity index (χ3n) is 6.18. The molecular weight excluding hydrogens is 493 g/mol. The van der Waals surface area contributed by atoms with Gasteiger partial charge in [0.1, 0.15) is 5.82 Å². The lowest BCUT2D eigenvalue weighted by Crippen LogP contribution is -2.32. The topological polar surface area (TPSA) is 105 Å². The van der Waals surface area contributed by atoms with Gasteiger partial charge in [0, 0.05) is 27.9 Å². The molecule has 188 valence electrons. The van der Waals surface area contributed by atoms with Crippen LogP contribution in [0.5, 0.6) is 0 Å². The molecule has 0 aliphatic heterocycles. The first-order valence-electron chi connectivity index (χ1n) is 11.6. The van der Waals surface area contributed by atoms with Crippen LogP contribution in [0, 0.1) is 19.7 Å². The summed E-state index contributed by atoms with van der Waals surface area (Å²) in [6.07, 6.45) is 1.20. The van der Waals surface area contributed by atoms with Gasteiger partial charge in [0.15, 0.2) is 0 Å². The molecule has 4 aromatic rings. The van der Waals surface area contributed by atoms with Crippen molar-refractivity contribution < 1.29 is 18.8 Å². The van der Waals surface area contributed by atoms with Gasteiger partial charge >= 0.3 is 0 Å². The second-order valence-electron chi connectivity index (χ2n) is 8.78. The van der Waals surface area contributed by atoms with Crippen molar-refractivity contribution in [2.24, 2.45) is 5.73 Å². The van der Waals surface area contributed by atoms with Gasteiger partial charge in [-0.05, 0) is 48.7 Å². The quantitative estimate of drug-likeness (QED) is 0.262. The first kappa shape index (κ1) is 25.9. The minimum Gasteiger partial charge on any atom is -0.370 e. The van der Waals surface area contributed by atoms with Crippen LogP contribution in [0.15, 0.2) is 72.9 Å². The minimum absolute atomic E-state index is 0.0571. The Labute approximate surface area is 218 Å². The number of carbonyl (C=O) groups is 3. The highest BCUT2D eigenvalue weighted by molar-refractivity contribution is 6.30. The SMILES string of the molecule is Cc1ccccc1C(=O)c1[nH]cc(C(=O)N[C@@H](CC(N)=O)c2cccc(Cl)c2)c1-c1c(C)cccc1F. The predicted octanol–water partition coefficient (Wildman–Crippen LogP) is 5.67. The molecule has 1 heterocycles. The normalized spacial score (nSPS) is 11.7. The number of halogens is 2. The molecule has 0 saturated heterocycles. The molecular formula is C29H25ClFN3O3. The van der Waals surface area contributed by atoms with Gasteiger partial charge in [-0.3, -0.25) is 14.4 Å². The monoisotopic (exact) mass is 517 g/mol. The molecule has 1 aromatic heterocycles. The van der Waals surface area contributed by atoms with Gasteiger partial charge < -0.3 is 16.0 Å². The lowest BCUT2D eigenvalue weighted by atomic mass is 9.92. The van der Waals surface area contributed by atoms with Crippen molar-refractivity contribution >= 4 is 29.2 Å². The molecule has 0 spiro atoms. The zero-order chi connectivity index (χ0) is 26.7. The lowest BCUT2D eigenvalue weighted by Gasteiger charge is -2.19. The van der Waals surface area contributed by atoms with E-state index in [9.17, 15) is 14.4 Å². The molecule has 37 heavy (non-hydrogen) atoms. The van der Waals surface area contributed by atoms with Crippen molar-refractivity contribution in [3.05, 3.63) is 117 Å². The minimum atomic E-state index is -0.788. The molecule has 8 heteroatoms. The zero-order valence-corrected chi connectivity index (χ0v) is 21.0. The Morgan fingerprint density at radius 3 is 2.32 bits per heavy atom. The van der Waals surface area contributed by atoms with Crippen molar-refractivity contribution in [2.75, 3.05) is 0 Å². The van der Waals surface area contributed by atoms with Crippen molar-refractivity contribution in [3.8, 4) is 11.1 Å². The number of rotatable bonds is 8. The average molecular weight is 518 g/mol. The van der Waals surface area contributed by atoms with Crippen molar-refractivity contribution in [2.45, 2.75) is 26.3 Å². The number of ketones is 1. The van der Waals surface area contributed by atoms with Crippen LogP contribution in [-0.4, -0.2) is 22.6 Å². The Kier molecular flexibility index (Phi) is 7.55. The summed E-state index contributed by atoms with van der Waals surface area (Å²) < 4.78 is 15.2. The molecule has 6 nitrogen and oxygen atoms in total. The van der Waals surface area contributed by atoms with E-state index in [0.29, 0.717) is 21.7 Å². The fraction of sp³-hybridized carbons (Fsp3) is 0.138. The second-order valence-corrected chi connectivity index (χ2v) is 9.22. The largest absolute Gasteiger partial charge is 0.370 e. The maximum atomic E-state index is 15.2. The van der Waals surface area contributed by atoms with Crippen molar-refractivity contribution in [1.29, 1.82) is 0 Å². The number of hydrogen-bond acceptors (Lipinski definition) is 3. The number of H-pyrrole nitrogens is 1. The van der Waals surface area contributed by atoms with Gasteiger partial charge in [-0.25, -0.2) is 4.39 Å². The van der Waals surface area contributed by atoms with Crippen LogP contribution < -0.4 is 11.1 Å². The van der Waals surface area contributed by atoms with E-state index in [-0.39, 0.29) is 34.6 Å². The lowest BCUT2D eigenvalue weighted by molar-refractivity contribution is -0.118. The molecule has 1 atom stereocenters. The van der Waals surface area contributed by atoms with Crippen LogP contribution in [0.25, 0.3) is 11.1 Å². The second kappa shape index (κ2) is 10.8. The fourth-order valence-corrected chi connectivity index (χ4v) is 4.56. The maximum Gasteiger partial charge on any atom is 0.253 e. The highest BCUT2D eigenvalue weighted by atomic mass is 35.5. The van der Waals surface area contributed by atoms with Crippen LogP contribution in [0.2, 0.25) is 5.02 Å². The summed E-state index contributed by atoms with van der Waals surface area (Å²) >= 11 is 6.12. The Morgan fingerprint density at radius 2 is 1.65 bits per heavy atom. The Bertz CT molecular complexity index is 1490. The van der Waals surface area contributed by atoms with E-state index in [0.717, 1.165) is 5.56 Å². The van der Waals surface area contributed by atoms with E-state index in [1.54, 1.807) is 68.4 Å². The first-order chi connectivity index (χ1) is 17.7. The Morgan fingerprint density at radius 1 is 0.946 bits per heavy atom. The van der Waals surface area contributed by atoms with E-state index in [1.807, 2.05) is 6.07 Å². The number of aromatic amines is 1. The Balaban J connectivity index is 1.83. The number of nitrogens with two attached hydrogens (primary N) is 1. The predicted molar refractivity (Wildman–Crippen MR) is 141 cm³/mol. The number of aromatic nitrogens is 1. The van der Waals surface area contributed by atoms with E-state index in [4.69, 9.17) is 17.3 Å². The van der Waals surface area contributed by atoms with Crippen LogP contribution in [-0.2, 0) is 4.79 Å². The van der Waals surface area contributed by atoms with Gasteiger partial charge in [0.25, 0.3) is 5.91 Å². The summed E-state index contributed by atoms with van der Waals surface area (Å²) in [5.74, 6) is -2.18. The summed E-state index contributed by atoms with van der Waals surface area (Å²) in [5, 5.41) is 3.24. The number of hydrogen-bond donors (Lipinski definition) is 3. The molecule has 0 aliphatic rings. The van der Waals surface area contributed by atoms with Crippen molar-refractivity contribution in [1.82, 2.24) is 10.3 Å². The molecule has 0 unspecified atom stereocenters. The van der Waals surface area contributed by atoms with E-state index in [1.165, 1.54) is 12.3 Å². The smallest absolute Gasteiger partial charge is 0.253 e. The van der Waals surface area contributed by atoms with Crippen molar-refractivity contribution in [3.63, 3.8) is 0 Å². The van der Waals surface area contributed by atoms with Gasteiger partial charge in [-0.1, -0.05) is 60.1 Å². The van der Waals surface area contributed by atoms with E-state index in [2.05, 4.69) is 10.3 Å². The van der Waals surface area contributed by atoms with Crippen LogP contribution in [0.3, 0.4) is 0 Å². The number of primary amides is 1. The molecule has 0 radical (unpaired) electrons. The molecule has 0 fully saturated rings. The molecule has 0 saturated carbocycles. The maximum absolute atomic E-state index is 15.2. The molecule has 3 aromatic carbocycles. The Hall–Kier alpha value is -4.23. The molecule has 4 N–H and O–H groups in total. The fourth-order valence-electron chi connectivity index (χ4n) is 4.36. The molecule has 0 aliphatic carbocycles. The highest BCUT2D eigenvalue weighted by Gasteiger charge is 2.28. The number of aryl methyl sites for hydroxylation is 2. The molecule has 2 amide bonds.